The van der Waals surface area contributed by atoms with Crippen molar-refractivity contribution >= 4 is 28.3 Å². The topological polar surface area (TPSA) is 68.3 Å². The Balaban J connectivity index is 1.84. The van der Waals surface area contributed by atoms with Gasteiger partial charge in [-0.05, 0) is 31.2 Å². The molecule has 0 bridgehead atoms. The summed E-state index contributed by atoms with van der Waals surface area (Å²) in [4.78, 5) is 27.2. The van der Waals surface area contributed by atoms with Crippen molar-refractivity contribution < 1.29 is 18.7 Å². The van der Waals surface area contributed by atoms with Gasteiger partial charge in [-0.2, -0.15) is 0 Å². The zero-order valence-electron chi connectivity index (χ0n) is 10.6. The van der Waals surface area contributed by atoms with E-state index >= 15 is 0 Å². The van der Waals surface area contributed by atoms with Gasteiger partial charge >= 0.3 is 5.97 Å². The maximum Gasteiger partial charge on any atom is 0.338 e. The number of ether oxygens (including phenoxy) is 1. The molecule has 0 aliphatic heterocycles. The lowest BCUT2D eigenvalue weighted by atomic mass is 10.2. The number of anilines is 1. The van der Waals surface area contributed by atoms with Crippen LogP contribution < -0.4 is 5.32 Å². The molecule has 0 aliphatic rings. The highest BCUT2D eigenvalue weighted by Gasteiger charge is 2.11. The fourth-order valence-corrected chi connectivity index (χ4v) is 2.07. The summed E-state index contributed by atoms with van der Waals surface area (Å²) in [6.07, 6.45) is 0. The van der Waals surface area contributed by atoms with Crippen LogP contribution in [-0.4, -0.2) is 23.5 Å². The molecule has 0 aliphatic carbocycles. The van der Waals surface area contributed by atoms with Crippen LogP contribution >= 0.6 is 11.3 Å². The van der Waals surface area contributed by atoms with Gasteiger partial charge in [0, 0.05) is 5.38 Å². The van der Waals surface area contributed by atoms with Crippen LogP contribution in [0, 0.1) is 12.7 Å². The van der Waals surface area contributed by atoms with E-state index in [0.717, 1.165) is 17.8 Å². The number of rotatable bonds is 4. The number of aromatic nitrogens is 1. The molecule has 0 saturated carbocycles. The second-order valence-electron chi connectivity index (χ2n) is 3.93. The monoisotopic (exact) mass is 294 g/mol. The maximum absolute atomic E-state index is 12.7. The third-order valence-electron chi connectivity index (χ3n) is 2.28. The first-order valence-corrected chi connectivity index (χ1v) is 6.57. The van der Waals surface area contributed by atoms with Gasteiger partial charge in [0.15, 0.2) is 11.7 Å². The quantitative estimate of drug-likeness (QED) is 0.879. The number of carbonyl (C=O) groups excluding carboxylic acids is 2. The Labute approximate surface area is 118 Å². The number of thiazole rings is 1. The SMILES string of the molecule is Cc1csc(NC(=O)COC(=O)c2ccc(F)cc2)n1. The molecule has 5 nitrogen and oxygen atoms in total. The molecule has 1 aromatic heterocycles. The average molecular weight is 294 g/mol. The summed E-state index contributed by atoms with van der Waals surface area (Å²) in [5, 5.41) is 4.75. The largest absolute Gasteiger partial charge is 0.452 e. The van der Waals surface area contributed by atoms with E-state index in [0.29, 0.717) is 5.13 Å². The van der Waals surface area contributed by atoms with Crippen molar-refractivity contribution in [3.63, 3.8) is 0 Å². The van der Waals surface area contributed by atoms with Crippen molar-refractivity contribution in [1.82, 2.24) is 4.98 Å². The Morgan fingerprint density at radius 1 is 1.35 bits per heavy atom. The number of benzene rings is 1. The van der Waals surface area contributed by atoms with Gasteiger partial charge in [-0.3, -0.25) is 10.1 Å². The van der Waals surface area contributed by atoms with Crippen LogP contribution in [0.1, 0.15) is 16.1 Å². The average Bonchev–Trinajstić information content (AvgIpc) is 2.82. The number of amides is 1. The van der Waals surface area contributed by atoms with Crippen LogP contribution in [0.3, 0.4) is 0 Å². The van der Waals surface area contributed by atoms with E-state index in [9.17, 15) is 14.0 Å². The molecule has 20 heavy (non-hydrogen) atoms. The van der Waals surface area contributed by atoms with Crippen LogP contribution in [-0.2, 0) is 9.53 Å². The van der Waals surface area contributed by atoms with Crippen LogP contribution in [0.15, 0.2) is 29.6 Å². The Bertz CT molecular complexity index is 625. The van der Waals surface area contributed by atoms with Crippen molar-refractivity contribution in [1.29, 1.82) is 0 Å². The molecule has 2 rings (SSSR count). The molecule has 7 heteroatoms. The van der Waals surface area contributed by atoms with Crippen molar-refractivity contribution in [3.8, 4) is 0 Å². The van der Waals surface area contributed by atoms with Gasteiger partial charge in [0.2, 0.25) is 0 Å². The maximum atomic E-state index is 12.7. The molecule has 0 atom stereocenters. The summed E-state index contributed by atoms with van der Waals surface area (Å²) in [6, 6.07) is 4.88. The van der Waals surface area contributed by atoms with E-state index in [2.05, 4.69) is 10.3 Å². The Hall–Kier alpha value is -2.28. The summed E-state index contributed by atoms with van der Waals surface area (Å²) in [5.41, 5.74) is 0.984. The highest BCUT2D eigenvalue weighted by atomic mass is 32.1. The molecule has 1 amide bonds. The number of halogens is 1. The van der Waals surface area contributed by atoms with Crippen molar-refractivity contribution in [2.24, 2.45) is 0 Å². The van der Waals surface area contributed by atoms with Gasteiger partial charge in [-0.25, -0.2) is 14.2 Å². The Kier molecular flexibility index (Phi) is 4.41. The lowest BCUT2D eigenvalue weighted by Gasteiger charge is -2.04. The third-order valence-corrected chi connectivity index (χ3v) is 3.16. The summed E-state index contributed by atoms with van der Waals surface area (Å²) >= 11 is 1.28. The first-order chi connectivity index (χ1) is 9.54. The van der Waals surface area contributed by atoms with Gasteiger partial charge < -0.3 is 4.74 Å². The Morgan fingerprint density at radius 3 is 2.65 bits per heavy atom. The number of nitrogens with one attached hydrogen (secondary N) is 1. The van der Waals surface area contributed by atoms with E-state index in [1.54, 1.807) is 12.3 Å². The lowest BCUT2D eigenvalue weighted by Crippen LogP contribution is -2.20. The van der Waals surface area contributed by atoms with Crippen LogP contribution in [0.5, 0.6) is 0 Å². The molecular weight excluding hydrogens is 283 g/mol. The molecular formula is C13H11FN2O3S. The molecule has 0 radical (unpaired) electrons. The lowest BCUT2D eigenvalue weighted by molar-refractivity contribution is -0.119. The molecule has 0 fully saturated rings. The van der Waals surface area contributed by atoms with Crippen LogP contribution in [0.25, 0.3) is 0 Å². The minimum Gasteiger partial charge on any atom is -0.452 e. The highest BCUT2D eigenvalue weighted by Crippen LogP contribution is 2.14. The normalized spacial score (nSPS) is 10.1. The van der Waals surface area contributed by atoms with E-state index in [4.69, 9.17) is 4.74 Å². The predicted octanol–water partition coefficient (Wildman–Crippen LogP) is 2.39. The predicted molar refractivity (Wildman–Crippen MR) is 72.2 cm³/mol. The second kappa shape index (κ2) is 6.25. The molecule has 1 heterocycles. The smallest absolute Gasteiger partial charge is 0.338 e. The minimum absolute atomic E-state index is 0.185. The van der Waals surface area contributed by atoms with E-state index in [1.807, 2.05) is 0 Å². The van der Waals surface area contributed by atoms with Gasteiger partial charge in [-0.15, -0.1) is 11.3 Å². The second-order valence-corrected chi connectivity index (χ2v) is 4.78. The Morgan fingerprint density at radius 2 is 2.05 bits per heavy atom. The number of esters is 1. The summed E-state index contributed by atoms with van der Waals surface area (Å²) < 4.78 is 17.5. The molecule has 0 unspecified atom stereocenters. The first kappa shape index (κ1) is 14.1. The fraction of sp³-hybridized carbons (Fsp3) is 0.154. The van der Waals surface area contributed by atoms with Crippen molar-refractivity contribution in [2.45, 2.75) is 6.92 Å². The number of nitrogens with zero attached hydrogens (tertiary/aromatic N) is 1. The van der Waals surface area contributed by atoms with E-state index in [-0.39, 0.29) is 5.56 Å². The van der Waals surface area contributed by atoms with Gasteiger partial charge in [0.05, 0.1) is 11.3 Å². The molecule has 1 N–H and O–H groups in total. The molecule has 104 valence electrons. The molecule has 2 aromatic rings. The zero-order valence-corrected chi connectivity index (χ0v) is 11.4. The first-order valence-electron chi connectivity index (χ1n) is 5.69. The minimum atomic E-state index is -0.685. The number of hydrogen-bond donors (Lipinski definition) is 1. The highest BCUT2D eigenvalue weighted by molar-refractivity contribution is 7.13. The number of hydrogen-bond acceptors (Lipinski definition) is 5. The summed E-state index contributed by atoms with van der Waals surface area (Å²) in [6.45, 7) is 1.38. The fourth-order valence-electron chi connectivity index (χ4n) is 1.37. The van der Waals surface area contributed by atoms with Crippen molar-refractivity contribution in [3.05, 3.63) is 46.7 Å². The van der Waals surface area contributed by atoms with Gasteiger partial charge in [-0.1, -0.05) is 0 Å². The molecule has 0 spiro atoms. The standard InChI is InChI=1S/C13H11FN2O3S/c1-8-7-20-13(15-8)16-11(17)6-19-12(18)9-2-4-10(14)5-3-9/h2-5,7H,6H2,1H3,(H,15,16,17). The van der Waals surface area contributed by atoms with Gasteiger partial charge in [0.1, 0.15) is 5.82 Å². The summed E-state index contributed by atoms with van der Waals surface area (Å²) in [7, 11) is 0. The molecule has 0 saturated heterocycles. The third kappa shape index (κ3) is 3.86. The number of carbonyl (C=O) groups is 2. The van der Waals surface area contributed by atoms with Crippen molar-refractivity contribution in [2.75, 3.05) is 11.9 Å². The van der Waals surface area contributed by atoms with Gasteiger partial charge in [0.25, 0.3) is 5.91 Å². The van der Waals surface area contributed by atoms with E-state index in [1.165, 1.54) is 23.5 Å². The van der Waals surface area contributed by atoms with E-state index < -0.39 is 24.3 Å². The molecule has 1 aromatic carbocycles. The van der Waals surface area contributed by atoms with Crippen LogP contribution in [0.2, 0.25) is 0 Å². The summed E-state index contributed by atoms with van der Waals surface area (Å²) in [5.74, 6) is -1.61. The van der Waals surface area contributed by atoms with Crippen LogP contribution in [0.4, 0.5) is 9.52 Å². The zero-order chi connectivity index (χ0) is 14.5. The number of aryl methyl sites for hydroxylation is 1.